The molecular formula is C9H12F2N2O4S. The zero-order valence-corrected chi connectivity index (χ0v) is 10.4. The van der Waals surface area contributed by atoms with Crippen molar-refractivity contribution in [1.29, 1.82) is 0 Å². The van der Waals surface area contributed by atoms with Gasteiger partial charge in [-0.3, -0.25) is 0 Å². The van der Waals surface area contributed by atoms with Gasteiger partial charge in [-0.25, -0.2) is 26.7 Å². The molecule has 0 atom stereocenters. The van der Waals surface area contributed by atoms with Crippen molar-refractivity contribution in [2.24, 2.45) is 0 Å². The fourth-order valence-electron chi connectivity index (χ4n) is 1.59. The highest BCUT2D eigenvalue weighted by Crippen LogP contribution is 2.22. The van der Waals surface area contributed by atoms with E-state index in [0.29, 0.717) is 0 Å². The Bertz CT molecular complexity index is 565. The van der Waals surface area contributed by atoms with Crippen molar-refractivity contribution >= 4 is 16.0 Å². The zero-order chi connectivity index (χ0) is 14.1. The van der Waals surface area contributed by atoms with E-state index in [9.17, 15) is 22.0 Å². The quantitative estimate of drug-likeness (QED) is 0.746. The Hall–Kier alpha value is -1.48. The molecule has 0 aliphatic carbocycles. The number of alkyl halides is 2. The fraction of sp³-hybridized carbons (Fsp3) is 0.444. The Morgan fingerprint density at radius 2 is 2.00 bits per heavy atom. The van der Waals surface area contributed by atoms with E-state index < -0.39 is 29.0 Å². The van der Waals surface area contributed by atoms with Gasteiger partial charge in [0.2, 0.25) is 10.0 Å². The third-order valence-corrected chi connectivity index (χ3v) is 3.98. The van der Waals surface area contributed by atoms with E-state index >= 15 is 0 Å². The number of rotatable bonds is 5. The van der Waals surface area contributed by atoms with Crippen molar-refractivity contribution in [3.05, 3.63) is 17.0 Å². The van der Waals surface area contributed by atoms with E-state index in [0.717, 1.165) is 0 Å². The molecule has 0 aliphatic rings. The zero-order valence-electron chi connectivity index (χ0n) is 9.62. The number of aromatic carboxylic acids is 1. The average molecular weight is 282 g/mol. The van der Waals surface area contributed by atoms with Gasteiger partial charge >= 0.3 is 5.97 Å². The predicted octanol–water partition coefficient (Wildman–Crippen LogP) is 0.873. The van der Waals surface area contributed by atoms with Crippen molar-refractivity contribution in [3.8, 4) is 0 Å². The average Bonchev–Trinajstić information content (AvgIpc) is 2.52. The van der Waals surface area contributed by atoms with Crippen LogP contribution in [-0.2, 0) is 10.0 Å². The molecule has 0 fully saturated rings. The second kappa shape index (κ2) is 5.02. The normalized spacial score (nSPS) is 12.1. The van der Waals surface area contributed by atoms with E-state index in [-0.39, 0.29) is 21.8 Å². The van der Waals surface area contributed by atoms with Gasteiger partial charge in [0.25, 0.3) is 6.43 Å². The number of nitrogens with one attached hydrogen (secondary N) is 2. The van der Waals surface area contributed by atoms with Crippen LogP contribution in [0.15, 0.2) is 4.90 Å². The van der Waals surface area contributed by atoms with Crippen molar-refractivity contribution in [3.63, 3.8) is 0 Å². The van der Waals surface area contributed by atoms with E-state index in [1.54, 1.807) is 4.72 Å². The standard InChI is InChI=1S/C9H12F2N2O4S/c1-4-7(9(14)15)13-5(2)8(4)18(16,17)12-3-6(10)11/h6,12-13H,3H2,1-2H3,(H,14,15). The second-order valence-corrected chi connectivity index (χ2v) is 5.33. The topological polar surface area (TPSA) is 99.3 Å². The van der Waals surface area contributed by atoms with Gasteiger partial charge in [-0.1, -0.05) is 0 Å². The minimum Gasteiger partial charge on any atom is -0.477 e. The minimum atomic E-state index is -4.15. The maximum Gasteiger partial charge on any atom is 0.352 e. The Balaban J connectivity index is 3.21. The summed E-state index contributed by atoms with van der Waals surface area (Å²) in [5.41, 5.74) is -0.196. The Morgan fingerprint density at radius 3 is 2.39 bits per heavy atom. The molecule has 0 saturated heterocycles. The van der Waals surface area contributed by atoms with E-state index in [1.807, 2.05) is 0 Å². The molecule has 18 heavy (non-hydrogen) atoms. The van der Waals surface area contributed by atoms with E-state index in [4.69, 9.17) is 5.11 Å². The summed E-state index contributed by atoms with van der Waals surface area (Å²) in [4.78, 5) is 12.9. The first-order valence-electron chi connectivity index (χ1n) is 4.87. The largest absolute Gasteiger partial charge is 0.477 e. The molecule has 1 heterocycles. The Morgan fingerprint density at radius 1 is 1.44 bits per heavy atom. The molecule has 102 valence electrons. The van der Waals surface area contributed by atoms with Crippen molar-refractivity contribution in [1.82, 2.24) is 9.71 Å². The number of aryl methyl sites for hydroxylation is 1. The number of aromatic amines is 1. The lowest BCUT2D eigenvalue weighted by atomic mass is 10.2. The molecule has 9 heteroatoms. The van der Waals surface area contributed by atoms with Gasteiger partial charge in [0.1, 0.15) is 10.6 Å². The van der Waals surface area contributed by atoms with Crippen LogP contribution in [0.5, 0.6) is 0 Å². The van der Waals surface area contributed by atoms with Crippen LogP contribution in [0.4, 0.5) is 8.78 Å². The van der Waals surface area contributed by atoms with E-state index in [2.05, 4.69) is 4.98 Å². The number of H-pyrrole nitrogens is 1. The third-order valence-electron chi connectivity index (χ3n) is 2.28. The molecule has 0 aliphatic heterocycles. The molecular weight excluding hydrogens is 270 g/mol. The summed E-state index contributed by atoms with van der Waals surface area (Å²) in [6.07, 6.45) is -2.82. The lowest BCUT2D eigenvalue weighted by Crippen LogP contribution is -2.29. The van der Waals surface area contributed by atoms with Gasteiger partial charge in [0.15, 0.2) is 0 Å². The summed E-state index contributed by atoms with van der Waals surface area (Å²) < 4.78 is 49.2. The molecule has 6 nitrogen and oxygen atoms in total. The van der Waals surface area contributed by atoms with Crippen molar-refractivity contribution < 1.29 is 27.1 Å². The summed E-state index contributed by atoms with van der Waals surface area (Å²) in [6.45, 7) is 1.63. The second-order valence-electron chi connectivity index (χ2n) is 3.63. The molecule has 1 rings (SSSR count). The lowest BCUT2D eigenvalue weighted by Gasteiger charge is -2.06. The molecule has 0 unspecified atom stereocenters. The number of halogens is 2. The number of carbonyl (C=O) groups is 1. The van der Waals surface area contributed by atoms with Crippen LogP contribution in [0.3, 0.4) is 0 Å². The summed E-state index contributed by atoms with van der Waals surface area (Å²) >= 11 is 0. The van der Waals surface area contributed by atoms with Gasteiger partial charge in [-0.2, -0.15) is 0 Å². The third kappa shape index (κ3) is 2.85. The lowest BCUT2D eigenvalue weighted by molar-refractivity contribution is 0.0690. The maximum atomic E-state index is 12.0. The minimum absolute atomic E-state index is 0.0123. The van der Waals surface area contributed by atoms with Crippen molar-refractivity contribution in [2.75, 3.05) is 6.54 Å². The molecule has 1 aromatic heterocycles. The van der Waals surface area contributed by atoms with Gasteiger partial charge in [-0.15, -0.1) is 0 Å². The molecule has 3 N–H and O–H groups in total. The van der Waals surface area contributed by atoms with Crippen LogP contribution in [0.25, 0.3) is 0 Å². The van der Waals surface area contributed by atoms with E-state index in [1.165, 1.54) is 13.8 Å². The smallest absolute Gasteiger partial charge is 0.352 e. The van der Waals surface area contributed by atoms with Gasteiger partial charge in [0, 0.05) is 11.3 Å². The molecule has 0 saturated carbocycles. The Kier molecular flexibility index (Phi) is 4.07. The molecule has 0 aromatic carbocycles. The fourth-order valence-corrected chi connectivity index (χ4v) is 3.04. The summed E-state index contributed by atoms with van der Waals surface area (Å²) in [5, 5.41) is 8.82. The highest BCUT2D eigenvalue weighted by atomic mass is 32.2. The number of carboxylic acids is 1. The number of carboxylic acid groups (broad SMARTS) is 1. The predicted molar refractivity (Wildman–Crippen MR) is 58.4 cm³/mol. The first kappa shape index (κ1) is 14.6. The van der Waals surface area contributed by atoms with Crippen molar-refractivity contribution in [2.45, 2.75) is 25.2 Å². The van der Waals surface area contributed by atoms with Crippen LogP contribution in [0, 0.1) is 13.8 Å². The number of sulfonamides is 1. The molecule has 0 radical (unpaired) electrons. The number of hydrogen-bond acceptors (Lipinski definition) is 3. The first-order valence-corrected chi connectivity index (χ1v) is 6.35. The van der Waals surface area contributed by atoms with Gasteiger partial charge < -0.3 is 10.1 Å². The first-order chi connectivity index (χ1) is 8.16. The highest BCUT2D eigenvalue weighted by molar-refractivity contribution is 7.89. The van der Waals surface area contributed by atoms with Crippen LogP contribution >= 0.6 is 0 Å². The van der Waals surface area contributed by atoms with Gasteiger partial charge in [-0.05, 0) is 13.8 Å². The van der Waals surface area contributed by atoms with Gasteiger partial charge in [0.05, 0.1) is 6.54 Å². The maximum absolute atomic E-state index is 12.0. The van der Waals surface area contributed by atoms with Crippen LogP contribution < -0.4 is 4.72 Å². The van der Waals surface area contributed by atoms with Crippen LogP contribution in [-0.4, -0.2) is 37.4 Å². The number of aromatic nitrogens is 1. The molecule has 0 bridgehead atoms. The number of hydrogen-bond donors (Lipinski definition) is 3. The Labute approximate surface area is 102 Å². The highest BCUT2D eigenvalue weighted by Gasteiger charge is 2.26. The van der Waals surface area contributed by atoms with Crippen LogP contribution in [0.1, 0.15) is 21.7 Å². The SMILES string of the molecule is Cc1[nH]c(C(=O)O)c(C)c1S(=O)(=O)NCC(F)F. The molecule has 0 spiro atoms. The summed E-state index contributed by atoms with van der Waals surface area (Å²) in [6, 6.07) is 0. The molecule has 0 amide bonds. The van der Waals surface area contributed by atoms with Crippen LogP contribution in [0.2, 0.25) is 0 Å². The molecule has 1 aromatic rings. The monoisotopic (exact) mass is 282 g/mol. The summed E-state index contributed by atoms with van der Waals surface area (Å²) in [5.74, 6) is -1.31. The summed E-state index contributed by atoms with van der Waals surface area (Å²) in [7, 11) is -4.15.